The molecule has 0 N–H and O–H groups in total. The van der Waals surface area contributed by atoms with Gasteiger partial charge in [-0.1, -0.05) is 49.8 Å². The maximum atomic E-state index is 13.0. The van der Waals surface area contributed by atoms with Gasteiger partial charge in [0.2, 0.25) is 0 Å². The van der Waals surface area contributed by atoms with E-state index in [9.17, 15) is 17.6 Å². The Morgan fingerprint density at radius 1 is 1.03 bits per heavy atom. The predicted octanol–water partition coefficient (Wildman–Crippen LogP) is 6.01. The third kappa shape index (κ3) is 9.61. The Balaban J connectivity index is 2.72. The fourth-order valence-electron chi connectivity index (χ4n) is 2.85. The number of hydrogen-bond donors (Lipinski definition) is 0. The van der Waals surface area contributed by atoms with Crippen molar-refractivity contribution in [3.63, 3.8) is 0 Å². The lowest BCUT2D eigenvalue weighted by atomic mass is 10.1. The van der Waals surface area contributed by atoms with Gasteiger partial charge >= 0.3 is 6.09 Å². The van der Waals surface area contributed by atoms with Gasteiger partial charge in [-0.25, -0.2) is 21.9 Å². The lowest BCUT2D eigenvalue weighted by Gasteiger charge is -2.27. The van der Waals surface area contributed by atoms with E-state index in [2.05, 4.69) is 0 Å². The molecular formula is C22H36FNO4S. The van der Waals surface area contributed by atoms with Gasteiger partial charge in [-0.3, -0.25) is 0 Å². The zero-order chi connectivity index (χ0) is 22.1. The van der Waals surface area contributed by atoms with Crippen LogP contribution in [0, 0.1) is 6.92 Å². The lowest BCUT2D eigenvalue weighted by Crippen LogP contribution is -2.41. The van der Waals surface area contributed by atoms with Crippen molar-refractivity contribution < 1.29 is 22.3 Å². The summed E-state index contributed by atoms with van der Waals surface area (Å²) >= 11 is 0. The molecule has 0 aromatic heterocycles. The van der Waals surface area contributed by atoms with E-state index < -0.39 is 27.9 Å². The van der Waals surface area contributed by atoms with Crippen LogP contribution in [0.2, 0.25) is 0 Å². The first-order valence-corrected chi connectivity index (χ1v) is 11.8. The molecule has 0 fully saturated rings. The number of benzene rings is 1. The quantitative estimate of drug-likeness (QED) is 0.404. The third-order valence-corrected chi connectivity index (χ3v) is 6.20. The number of ether oxygens (including phenoxy) is 1. The molecule has 29 heavy (non-hydrogen) atoms. The summed E-state index contributed by atoms with van der Waals surface area (Å²) in [6.07, 6.45) is 4.06. The number of amides is 1. The molecule has 1 aromatic rings. The number of nitrogens with zero attached hydrogens (tertiary/aromatic N) is 1. The highest BCUT2D eigenvalue weighted by Crippen LogP contribution is 2.21. The molecule has 0 radical (unpaired) electrons. The molecule has 1 rings (SSSR count). The van der Waals surface area contributed by atoms with Crippen LogP contribution in [0.1, 0.15) is 78.2 Å². The molecule has 0 spiro atoms. The normalized spacial score (nSPS) is 13.2. The number of rotatable bonds is 11. The summed E-state index contributed by atoms with van der Waals surface area (Å²) in [5.41, 5.74) is 0.154. The molecular weight excluding hydrogens is 393 g/mol. The highest BCUT2D eigenvalue weighted by molar-refractivity contribution is 7.89. The van der Waals surface area contributed by atoms with E-state index in [1.165, 1.54) is 12.1 Å². The summed E-state index contributed by atoms with van der Waals surface area (Å²) in [5.74, 6) is 0. The third-order valence-electron chi connectivity index (χ3n) is 4.42. The summed E-state index contributed by atoms with van der Waals surface area (Å²) in [4.78, 5) is 12.7. The van der Waals surface area contributed by atoms with E-state index in [0.717, 1.165) is 42.0 Å². The van der Waals surface area contributed by atoms with Gasteiger partial charge in [0.05, 0.1) is 11.1 Å². The fourth-order valence-corrected chi connectivity index (χ4v) is 4.19. The Morgan fingerprint density at radius 2 is 1.55 bits per heavy atom. The highest BCUT2D eigenvalue weighted by atomic mass is 32.2. The Hall–Kier alpha value is -1.63. The summed E-state index contributed by atoms with van der Waals surface area (Å²) in [7, 11) is -3.98. The number of carbonyl (C=O) groups is 1. The number of hydrogen-bond acceptors (Lipinski definition) is 4. The number of halogens is 1. The van der Waals surface area contributed by atoms with E-state index in [-0.39, 0.29) is 11.4 Å². The predicted molar refractivity (Wildman–Crippen MR) is 114 cm³/mol. The van der Waals surface area contributed by atoms with Crippen LogP contribution in [-0.2, 0) is 14.8 Å². The first-order chi connectivity index (χ1) is 13.4. The lowest BCUT2D eigenvalue weighted by molar-refractivity contribution is 0.0389. The molecule has 5 nitrogen and oxygen atoms in total. The number of aryl methyl sites for hydroxylation is 1. The Labute approximate surface area is 175 Å². The molecule has 1 atom stereocenters. The van der Waals surface area contributed by atoms with E-state index >= 15 is 0 Å². The van der Waals surface area contributed by atoms with Crippen molar-refractivity contribution in [3.8, 4) is 0 Å². The van der Waals surface area contributed by atoms with Crippen molar-refractivity contribution in [1.82, 2.24) is 4.31 Å². The molecule has 0 bridgehead atoms. The van der Waals surface area contributed by atoms with Gasteiger partial charge in [0.1, 0.15) is 5.60 Å². The molecule has 0 aliphatic carbocycles. The molecule has 0 saturated heterocycles. The van der Waals surface area contributed by atoms with Crippen LogP contribution in [0.5, 0.6) is 0 Å². The molecule has 166 valence electrons. The molecule has 0 heterocycles. The van der Waals surface area contributed by atoms with Gasteiger partial charge in [0.25, 0.3) is 10.0 Å². The minimum atomic E-state index is -3.98. The first kappa shape index (κ1) is 25.4. The molecule has 1 amide bonds. The second-order valence-electron chi connectivity index (χ2n) is 8.56. The molecule has 7 heteroatoms. The summed E-state index contributed by atoms with van der Waals surface area (Å²) in [6.45, 7) is 8.64. The van der Waals surface area contributed by atoms with Crippen molar-refractivity contribution in [3.05, 3.63) is 29.8 Å². The zero-order valence-electron chi connectivity index (χ0n) is 18.4. The van der Waals surface area contributed by atoms with Crippen LogP contribution < -0.4 is 0 Å². The van der Waals surface area contributed by atoms with Gasteiger partial charge in [0.15, 0.2) is 0 Å². The number of alkyl halides is 1. The second-order valence-corrected chi connectivity index (χ2v) is 10.4. The molecule has 1 aromatic carbocycles. The molecule has 1 unspecified atom stereocenters. The summed E-state index contributed by atoms with van der Waals surface area (Å²) in [6, 6.07) is 6.43. The van der Waals surface area contributed by atoms with Crippen LogP contribution in [0.4, 0.5) is 9.18 Å². The zero-order valence-corrected chi connectivity index (χ0v) is 19.2. The van der Waals surface area contributed by atoms with Crippen LogP contribution in [0.25, 0.3) is 0 Å². The standard InChI is InChI=1S/C22H36FNO4S/c1-18-13-15-20(16-14-18)29(26,27)24(21(25)28-22(3,4)5)17-11-9-7-6-8-10-12-19(2)23/h13-16,19H,6-12,17H2,1-5H3. The van der Waals surface area contributed by atoms with E-state index in [1.54, 1.807) is 39.8 Å². The van der Waals surface area contributed by atoms with Gasteiger partial charge < -0.3 is 4.74 Å². The van der Waals surface area contributed by atoms with Gasteiger partial charge in [-0.2, -0.15) is 0 Å². The van der Waals surface area contributed by atoms with Gasteiger partial charge in [0, 0.05) is 6.54 Å². The van der Waals surface area contributed by atoms with Crippen LogP contribution >= 0.6 is 0 Å². The first-order valence-electron chi connectivity index (χ1n) is 10.4. The van der Waals surface area contributed by atoms with Gasteiger partial charge in [-0.15, -0.1) is 0 Å². The van der Waals surface area contributed by atoms with Crippen LogP contribution in [0.15, 0.2) is 29.2 Å². The summed E-state index contributed by atoms with van der Waals surface area (Å²) < 4.78 is 45.0. The van der Waals surface area contributed by atoms with E-state index in [1.807, 2.05) is 6.92 Å². The maximum Gasteiger partial charge on any atom is 0.424 e. The minimum absolute atomic E-state index is 0.0760. The second kappa shape index (κ2) is 11.5. The topological polar surface area (TPSA) is 63.7 Å². The van der Waals surface area contributed by atoms with Crippen molar-refractivity contribution >= 4 is 16.1 Å². The van der Waals surface area contributed by atoms with E-state index in [0.29, 0.717) is 12.8 Å². The molecule has 0 aliphatic heterocycles. The largest absolute Gasteiger partial charge is 0.443 e. The Bertz CT molecular complexity index is 724. The Morgan fingerprint density at radius 3 is 2.07 bits per heavy atom. The summed E-state index contributed by atoms with van der Waals surface area (Å²) in [5, 5.41) is 0. The SMILES string of the molecule is Cc1ccc(S(=O)(=O)N(CCCCCCCCC(C)F)C(=O)OC(C)(C)C)cc1. The Kier molecular flexibility index (Phi) is 10.1. The van der Waals surface area contributed by atoms with E-state index in [4.69, 9.17) is 4.74 Å². The number of sulfonamides is 1. The monoisotopic (exact) mass is 429 g/mol. The molecule has 0 saturated carbocycles. The van der Waals surface area contributed by atoms with Crippen LogP contribution in [-0.4, -0.2) is 37.1 Å². The number of unbranched alkanes of at least 4 members (excludes halogenated alkanes) is 5. The van der Waals surface area contributed by atoms with Crippen molar-refractivity contribution in [2.75, 3.05) is 6.54 Å². The highest BCUT2D eigenvalue weighted by Gasteiger charge is 2.32. The number of carbonyl (C=O) groups excluding carboxylic acids is 1. The average molecular weight is 430 g/mol. The van der Waals surface area contributed by atoms with Crippen molar-refractivity contribution in [2.45, 2.75) is 96.2 Å². The fraction of sp³-hybridized carbons (Fsp3) is 0.682. The van der Waals surface area contributed by atoms with Gasteiger partial charge in [-0.05, 0) is 59.6 Å². The van der Waals surface area contributed by atoms with Crippen molar-refractivity contribution in [2.24, 2.45) is 0 Å². The van der Waals surface area contributed by atoms with Crippen molar-refractivity contribution in [1.29, 1.82) is 0 Å². The average Bonchev–Trinajstić information content (AvgIpc) is 2.58. The maximum absolute atomic E-state index is 13.0. The molecule has 0 aliphatic rings. The smallest absolute Gasteiger partial charge is 0.424 e. The minimum Gasteiger partial charge on any atom is -0.443 e. The van der Waals surface area contributed by atoms with Crippen LogP contribution in [0.3, 0.4) is 0 Å².